The van der Waals surface area contributed by atoms with E-state index >= 15 is 0 Å². The van der Waals surface area contributed by atoms with Crippen LogP contribution < -0.4 is 20.5 Å². The Hall–Kier alpha value is -1.27. The topological polar surface area (TPSA) is 73.6 Å². The highest BCUT2D eigenvalue weighted by atomic mass is 79.9. The lowest BCUT2D eigenvalue weighted by Crippen LogP contribution is -2.44. The van der Waals surface area contributed by atoms with Gasteiger partial charge >= 0.3 is 0 Å². The van der Waals surface area contributed by atoms with Crippen LogP contribution in [0.15, 0.2) is 16.6 Å². The molecular weight excluding hydrogens is 372 g/mol. The normalized spacial score (nSPS) is 20.5. The Morgan fingerprint density at radius 3 is 2.79 bits per heavy atom. The average molecular weight is 399 g/mol. The van der Waals surface area contributed by atoms with E-state index in [1.807, 2.05) is 6.92 Å². The zero-order valence-corrected chi connectivity index (χ0v) is 16.0. The Morgan fingerprint density at radius 2 is 2.12 bits per heavy atom. The maximum Gasteiger partial charge on any atom is 0.251 e. The molecule has 0 bridgehead atoms. The number of hydrogen-bond donors (Lipinski definition) is 2. The Morgan fingerprint density at radius 1 is 1.38 bits per heavy atom. The predicted molar refractivity (Wildman–Crippen MR) is 98.7 cm³/mol. The molecule has 1 aromatic rings. The number of carbonyl (C=O) groups is 1. The molecule has 1 aliphatic carbocycles. The molecule has 0 heterocycles. The quantitative estimate of drug-likeness (QED) is 0.736. The Kier molecular flexibility index (Phi) is 7.37. The molecule has 0 spiro atoms. The van der Waals surface area contributed by atoms with E-state index < -0.39 is 0 Å². The third kappa shape index (κ3) is 4.63. The van der Waals surface area contributed by atoms with E-state index in [2.05, 4.69) is 21.2 Å². The van der Waals surface area contributed by atoms with Crippen molar-refractivity contribution in [2.75, 3.05) is 20.3 Å². The van der Waals surface area contributed by atoms with Gasteiger partial charge in [-0.2, -0.15) is 0 Å². The number of nitrogens with two attached hydrogens (primary N) is 1. The second-order valence-corrected chi connectivity index (χ2v) is 7.05. The highest BCUT2D eigenvalue weighted by Crippen LogP contribution is 2.37. The number of halogens is 1. The molecule has 134 valence electrons. The van der Waals surface area contributed by atoms with E-state index in [4.69, 9.17) is 15.2 Å². The Balaban J connectivity index is 2.15. The fraction of sp³-hybridized carbons (Fsp3) is 0.611. The number of carbonyl (C=O) groups excluding carboxylic acids is 1. The highest BCUT2D eigenvalue weighted by molar-refractivity contribution is 9.10. The van der Waals surface area contributed by atoms with Gasteiger partial charge in [0.05, 0.1) is 18.2 Å². The molecular formula is C18H27BrN2O3. The number of amides is 1. The number of hydrogen-bond acceptors (Lipinski definition) is 4. The molecule has 0 radical (unpaired) electrons. The summed E-state index contributed by atoms with van der Waals surface area (Å²) < 4.78 is 11.8. The van der Waals surface area contributed by atoms with Crippen LogP contribution in [0.2, 0.25) is 0 Å². The largest absolute Gasteiger partial charge is 0.493 e. The third-order valence-corrected chi connectivity index (χ3v) is 5.06. The molecule has 24 heavy (non-hydrogen) atoms. The fourth-order valence-corrected chi connectivity index (χ4v) is 3.68. The molecule has 2 atom stereocenters. The van der Waals surface area contributed by atoms with E-state index in [1.165, 1.54) is 6.42 Å². The van der Waals surface area contributed by atoms with Crippen molar-refractivity contribution in [2.24, 2.45) is 11.7 Å². The van der Waals surface area contributed by atoms with Crippen molar-refractivity contribution in [3.05, 3.63) is 22.2 Å². The SMILES string of the molecule is CCCOc1c(Br)cc(C(=O)NC2CCCCC2CN)cc1OC. The number of rotatable bonds is 7. The molecule has 0 aromatic heterocycles. The highest BCUT2D eigenvalue weighted by Gasteiger charge is 2.26. The van der Waals surface area contributed by atoms with Crippen molar-refractivity contribution >= 4 is 21.8 Å². The molecule has 0 saturated heterocycles. The minimum atomic E-state index is -0.0959. The van der Waals surface area contributed by atoms with Crippen LogP contribution in [0.3, 0.4) is 0 Å². The first-order valence-corrected chi connectivity index (χ1v) is 9.41. The molecule has 2 rings (SSSR count). The summed E-state index contributed by atoms with van der Waals surface area (Å²) in [5, 5.41) is 3.14. The molecule has 0 aliphatic heterocycles. The van der Waals surface area contributed by atoms with Crippen LogP contribution in [0.25, 0.3) is 0 Å². The van der Waals surface area contributed by atoms with Gasteiger partial charge in [-0.15, -0.1) is 0 Å². The van der Waals surface area contributed by atoms with Crippen molar-refractivity contribution < 1.29 is 14.3 Å². The van der Waals surface area contributed by atoms with Crippen LogP contribution in [-0.2, 0) is 0 Å². The van der Waals surface area contributed by atoms with Crippen molar-refractivity contribution in [3.8, 4) is 11.5 Å². The van der Waals surface area contributed by atoms with E-state index in [0.717, 1.165) is 30.2 Å². The maximum atomic E-state index is 12.7. The van der Waals surface area contributed by atoms with Crippen LogP contribution in [0, 0.1) is 5.92 Å². The van der Waals surface area contributed by atoms with Crippen molar-refractivity contribution in [1.29, 1.82) is 0 Å². The van der Waals surface area contributed by atoms with Crippen LogP contribution in [-0.4, -0.2) is 32.2 Å². The smallest absolute Gasteiger partial charge is 0.251 e. The summed E-state index contributed by atoms with van der Waals surface area (Å²) in [5.41, 5.74) is 6.41. The zero-order valence-electron chi connectivity index (χ0n) is 14.4. The molecule has 2 unspecified atom stereocenters. The van der Waals surface area contributed by atoms with Crippen molar-refractivity contribution in [2.45, 2.75) is 45.1 Å². The van der Waals surface area contributed by atoms with Gasteiger partial charge in [-0.1, -0.05) is 19.8 Å². The van der Waals surface area contributed by atoms with Gasteiger partial charge in [0, 0.05) is 11.6 Å². The lowest BCUT2D eigenvalue weighted by atomic mass is 9.84. The van der Waals surface area contributed by atoms with E-state index in [-0.39, 0.29) is 11.9 Å². The first-order chi connectivity index (χ1) is 11.6. The third-order valence-electron chi connectivity index (χ3n) is 4.47. The second-order valence-electron chi connectivity index (χ2n) is 6.20. The van der Waals surface area contributed by atoms with Gasteiger partial charge in [0.2, 0.25) is 0 Å². The molecule has 1 amide bonds. The van der Waals surface area contributed by atoms with Gasteiger partial charge in [0.1, 0.15) is 0 Å². The summed E-state index contributed by atoms with van der Waals surface area (Å²) in [5.74, 6) is 1.46. The van der Waals surface area contributed by atoms with Gasteiger partial charge < -0.3 is 20.5 Å². The Bertz CT molecular complexity index is 565. The zero-order chi connectivity index (χ0) is 17.5. The first-order valence-electron chi connectivity index (χ1n) is 8.62. The molecule has 3 N–H and O–H groups in total. The van der Waals surface area contributed by atoms with E-state index in [9.17, 15) is 4.79 Å². The second kappa shape index (κ2) is 9.28. The first kappa shape index (κ1) is 19.1. The van der Waals surface area contributed by atoms with Gasteiger partial charge in [-0.05, 0) is 59.8 Å². The summed E-state index contributed by atoms with van der Waals surface area (Å²) in [6.45, 7) is 3.25. The van der Waals surface area contributed by atoms with Crippen LogP contribution in [0.1, 0.15) is 49.4 Å². The number of benzene rings is 1. The van der Waals surface area contributed by atoms with Crippen molar-refractivity contribution in [1.82, 2.24) is 5.32 Å². The molecule has 1 aromatic carbocycles. The molecule has 1 fully saturated rings. The summed E-state index contributed by atoms with van der Waals surface area (Å²) in [4.78, 5) is 12.7. The monoisotopic (exact) mass is 398 g/mol. The molecule has 5 nitrogen and oxygen atoms in total. The van der Waals surface area contributed by atoms with Gasteiger partial charge in [-0.25, -0.2) is 0 Å². The molecule has 6 heteroatoms. The van der Waals surface area contributed by atoms with Gasteiger partial charge in [0.15, 0.2) is 11.5 Å². The summed E-state index contributed by atoms with van der Waals surface area (Å²) in [6, 6.07) is 3.66. The predicted octanol–water partition coefficient (Wildman–Crippen LogP) is 3.49. The summed E-state index contributed by atoms with van der Waals surface area (Å²) in [7, 11) is 1.58. The van der Waals surface area contributed by atoms with Crippen molar-refractivity contribution in [3.63, 3.8) is 0 Å². The summed E-state index contributed by atoms with van der Waals surface area (Å²) in [6.07, 6.45) is 5.30. The lowest BCUT2D eigenvalue weighted by molar-refractivity contribution is 0.0907. The minimum Gasteiger partial charge on any atom is -0.493 e. The number of nitrogens with one attached hydrogen (secondary N) is 1. The van der Waals surface area contributed by atoms with E-state index in [1.54, 1.807) is 19.2 Å². The Labute approximate surface area is 152 Å². The number of methoxy groups -OCH3 is 1. The van der Waals surface area contributed by atoms with Gasteiger partial charge in [0.25, 0.3) is 5.91 Å². The average Bonchev–Trinajstić information content (AvgIpc) is 2.60. The van der Waals surface area contributed by atoms with E-state index in [0.29, 0.717) is 36.1 Å². The lowest BCUT2D eigenvalue weighted by Gasteiger charge is -2.31. The number of ether oxygens (including phenoxy) is 2. The molecule has 1 saturated carbocycles. The summed E-state index contributed by atoms with van der Waals surface area (Å²) >= 11 is 3.48. The van der Waals surface area contributed by atoms with Crippen LogP contribution in [0.5, 0.6) is 11.5 Å². The van der Waals surface area contributed by atoms with Crippen LogP contribution in [0.4, 0.5) is 0 Å². The standard InChI is InChI=1S/C18H27BrN2O3/c1-3-8-24-17-14(19)9-13(10-16(17)23-2)18(22)21-15-7-5-4-6-12(15)11-20/h9-10,12,15H,3-8,11,20H2,1-2H3,(H,21,22). The fourth-order valence-electron chi connectivity index (χ4n) is 3.13. The van der Waals surface area contributed by atoms with Crippen LogP contribution >= 0.6 is 15.9 Å². The van der Waals surface area contributed by atoms with Gasteiger partial charge in [-0.3, -0.25) is 4.79 Å². The maximum absolute atomic E-state index is 12.7. The molecule has 1 aliphatic rings. The minimum absolute atomic E-state index is 0.0959.